The van der Waals surface area contributed by atoms with Gasteiger partial charge in [-0.1, -0.05) is 19.9 Å². The first-order chi connectivity index (χ1) is 13.3. The number of rotatable bonds is 7. The van der Waals surface area contributed by atoms with Crippen LogP contribution in [0.2, 0.25) is 0 Å². The zero-order valence-corrected chi connectivity index (χ0v) is 17.2. The van der Waals surface area contributed by atoms with Crippen molar-refractivity contribution in [3.8, 4) is 0 Å². The fourth-order valence-corrected chi connectivity index (χ4v) is 3.34. The lowest BCUT2D eigenvalue weighted by Crippen LogP contribution is -2.15. The van der Waals surface area contributed by atoms with Gasteiger partial charge in [-0.2, -0.15) is 0 Å². The van der Waals surface area contributed by atoms with Gasteiger partial charge in [0.15, 0.2) is 12.3 Å². The third-order valence-electron chi connectivity index (χ3n) is 5.04. The van der Waals surface area contributed by atoms with Gasteiger partial charge in [-0.3, -0.25) is 4.79 Å². The Bertz CT molecular complexity index is 1030. The normalized spacial score (nSPS) is 11.4. The van der Waals surface area contributed by atoms with E-state index in [0.717, 1.165) is 30.0 Å². The lowest BCUT2D eigenvalue weighted by molar-refractivity contribution is 0.0469. The molecule has 0 aliphatic carbocycles. The Labute approximate surface area is 165 Å². The molecule has 0 saturated heterocycles. The zero-order valence-electron chi connectivity index (χ0n) is 17.2. The molecule has 0 aromatic carbocycles. The second kappa shape index (κ2) is 8.00. The van der Waals surface area contributed by atoms with Crippen LogP contribution in [0.25, 0.3) is 5.65 Å². The molecule has 6 heteroatoms. The molecule has 3 heterocycles. The third-order valence-corrected chi connectivity index (χ3v) is 5.04. The number of ketones is 1. The average Bonchev–Trinajstić information content (AvgIpc) is 3.20. The summed E-state index contributed by atoms with van der Waals surface area (Å²) in [7, 11) is 0. The minimum atomic E-state index is -0.593. The SMILES string of the molecule is Cc1cc(C(=O)COC(=O)c2cn3c(C)cccc3n2)c(C)n1CCC(C)C. The lowest BCUT2D eigenvalue weighted by Gasteiger charge is -2.11. The van der Waals surface area contributed by atoms with E-state index in [1.54, 1.807) is 6.20 Å². The molecule has 0 atom stereocenters. The van der Waals surface area contributed by atoms with Crippen LogP contribution in [0.4, 0.5) is 0 Å². The molecular formula is C22H27N3O3. The summed E-state index contributed by atoms with van der Waals surface area (Å²) >= 11 is 0. The van der Waals surface area contributed by atoms with Crippen LogP contribution < -0.4 is 0 Å². The second-order valence-electron chi connectivity index (χ2n) is 7.64. The van der Waals surface area contributed by atoms with E-state index in [1.807, 2.05) is 49.4 Å². The highest BCUT2D eigenvalue weighted by Gasteiger charge is 2.19. The van der Waals surface area contributed by atoms with E-state index in [-0.39, 0.29) is 18.1 Å². The molecule has 0 fully saturated rings. The predicted molar refractivity (Wildman–Crippen MR) is 108 cm³/mol. The second-order valence-corrected chi connectivity index (χ2v) is 7.64. The maximum atomic E-state index is 12.6. The minimum absolute atomic E-state index is 0.197. The number of aromatic nitrogens is 3. The molecule has 148 valence electrons. The maximum Gasteiger partial charge on any atom is 0.359 e. The van der Waals surface area contributed by atoms with Gasteiger partial charge in [0.2, 0.25) is 5.78 Å². The van der Waals surface area contributed by atoms with Crippen molar-refractivity contribution in [1.29, 1.82) is 0 Å². The van der Waals surface area contributed by atoms with Crippen LogP contribution >= 0.6 is 0 Å². The van der Waals surface area contributed by atoms with Gasteiger partial charge in [-0.25, -0.2) is 9.78 Å². The first-order valence-corrected chi connectivity index (χ1v) is 9.59. The highest BCUT2D eigenvalue weighted by atomic mass is 16.5. The molecule has 0 saturated carbocycles. The molecule has 0 unspecified atom stereocenters. The number of fused-ring (bicyclic) bond motifs is 1. The van der Waals surface area contributed by atoms with Gasteiger partial charge in [-0.05, 0) is 51.3 Å². The number of aryl methyl sites for hydroxylation is 2. The number of Topliss-reactive ketones (excluding diaryl/α,β-unsaturated/α-hetero) is 1. The predicted octanol–water partition coefficient (Wildman–Crippen LogP) is 4.15. The minimum Gasteiger partial charge on any atom is -0.453 e. The van der Waals surface area contributed by atoms with Crippen molar-refractivity contribution < 1.29 is 14.3 Å². The van der Waals surface area contributed by atoms with Crippen molar-refractivity contribution >= 4 is 17.4 Å². The van der Waals surface area contributed by atoms with Gasteiger partial charge >= 0.3 is 5.97 Å². The van der Waals surface area contributed by atoms with Gasteiger partial charge in [0.25, 0.3) is 0 Å². The van der Waals surface area contributed by atoms with Crippen molar-refractivity contribution in [2.75, 3.05) is 6.61 Å². The number of imidazole rings is 1. The smallest absolute Gasteiger partial charge is 0.359 e. The molecule has 0 spiro atoms. The first-order valence-electron chi connectivity index (χ1n) is 9.59. The number of ether oxygens (including phenoxy) is 1. The van der Waals surface area contributed by atoms with E-state index in [0.29, 0.717) is 17.1 Å². The summed E-state index contributed by atoms with van der Waals surface area (Å²) in [4.78, 5) is 29.2. The Balaban J connectivity index is 1.68. The number of hydrogen-bond donors (Lipinski definition) is 0. The van der Waals surface area contributed by atoms with Crippen LogP contribution in [0, 0.1) is 26.7 Å². The molecule has 6 nitrogen and oxygen atoms in total. The summed E-state index contributed by atoms with van der Waals surface area (Å²) in [5.41, 5.74) is 4.41. The molecule has 3 aromatic rings. The largest absolute Gasteiger partial charge is 0.453 e. The van der Waals surface area contributed by atoms with Crippen LogP contribution in [0.1, 0.15) is 58.2 Å². The van der Waals surface area contributed by atoms with Crippen molar-refractivity contribution in [2.24, 2.45) is 5.92 Å². The third kappa shape index (κ3) is 4.01. The van der Waals surface area contributed by atoms with Gasteiger partial charge < -0.3 is 13.7 Å². The van der Waals surface area contributed by atoms with Crippen LogP contribution in [-0.2, 0) is 11.3 Å². The van der Waals surface area contributed by atoms with Gasteiger partial charge in [0.1, 0.15) is 5.65 Å². The summed E-state index contributed by atoms with van der Waals surface area (Å²) in [5, 5.41) is 0. The molecular weight excluding hydrogens is 354 g/mol. The van der Waals surface area contributed by atoms with Crippen LogP contribution in [0.5, 0.6) is 0 Å². The van der Waals surface area contributed by atoms with E-state index < -0.39 is 5.97 Å². The Morgan fingerprint density at radius 2 is 1.89 bits per heavy atom. The van der Waals surface area contributed by atoms with Gasteiger partial charge in [0.05, 0.1) is 0 Å². The van der Waals surface area contributed by atoms with Crippen LogP contribution in [0.15, 0.2) is 30.5 Å². The van der Waals surface area contributed by atoms with E-state index in [1.165, 1.54) is 0 Å². The zero-order chi connectivity index (χ0) is 20.4. The number of carbonyl (C=O) groups excluding carboxylic acids is 2. The maximum absolute atomic E-state index is 12.6. The lowest BCUT2D eigenvalue weighted by atomic mass is 10.1. The van der Waals surface area contributed by atoms with Crippen molar-refractivity contribution in [1.82, 2.24) is 14.0 Å². The molecule has 0 aliphatic heterocycles. The molecule has 0 bridgehead atoms. The van der Waals surface area contributed by atoms with Crippen LogP contribution in [0.3, 0.4) is 0 Å². The fourth-order valence-electron chi connectivity index (χ4n) is 3.34. The molecule has 0 aliphatic rings. The van der Waals surface area contributed by atoms with E-state index in [2.05, 4.69) is 23.4 Å². The number of carbonyl (C=O) groups is 2. The Morgan fingerprint density at radius 1 is 1.14 bits per heavy atom. The van der Waals surface area contributed by atoms with E-state index in [9.17, 15) is 9.59 Å². The van der Waals surface area contributed by atoms with Crippen molar-refractivity contribution in [2.45, 2.75) is 47.6 Å². The van der Waals surface area contributed by atoms with Gasteiger partial charge in [0, 0.05) is 35.4 Å². The topological polar surface area (TPSA) is 65.6 Å². The van der Waals surface area contributed by atoms with Crippen molar-refractivity contribution in [3.63, 3.8) is 0 Å². The molecule has 0 amide bonds. The number of hydrogen-bond acceptors (Lipinski definition) is 4. The Hall–Kier alpha value is -2.89. The monoisotopic (exact) mass is 381 g/mol. The fraction of sp³-hybridized carbons (Fsp3) is 0.409. The summed E-state index contributed by atoms with van der Waals surface area (Å²) in [6.07, 6.45) is 2.68. The number of pyridine rings is 1. The summed E-state index contributed by atoms with van der Waals surface area (Å²) < 4.78 is 9.22. The molecule has 3 aromatic heterocycles. The molecule has 3 rings (SSSR count). The Kier molecular flexibility index (Phi) is 5.68. The Morgan fingerprint density at radius 3 is 2.57 bits per heavy atom. The number of nitrogens with zero attached hydrogens (tertiary/aromatic N) is 3. The molecule has 28 heavy (non-hydrogen) atoms. The first kappa shape index (κ1) is 19.9. The summed E-state index contributed by atoms with van der Waals surface area (Å²) in [5.74, 6) is -0.197. The summed E-state index contributed by atoms with van der Waals surface area (Å²) in [6, 6.07) is 7.51. The average molecular weight is 381 g/mol. The highest BCUT2D eigenvalue weighted by molar-refractivity contribution is 6.00. The number of esters is 1. The van der Waals surface area contributed by atoms with Gasteiger partial charge in [-0.15, -0.1) is 0 Å². The van der Waals surface area contributed by atoms with E-state index in [4.69, 9.17) is 4.74 Å². The van der Waals surface area contributed by atoms with Crippen LogP contribution in [-0.4, -0.2) is 32.3 Å². The molecule has 0 N–H and O–H groups in total. The quantitative estimate of drug-likeness (QED) is 0.456. The summed E-state index contributed by atoms with van der Waals surface area (Å²) in [6.45, 7) is 10.8. The van der Waals surface area contributed by atoms with E-state index >= 15 is 0 Å². The van der Waals surface area contributed by atoms with Crippen molar-refractivity contribution in [3.05, 3.63) is 58.8 Å². The molecule has 0 radical (unpaired) electrons. The highest BCUT2D eigenvalue weighted by Crippen LogP contribution is 2.18. The standard InChI is InChI=1S/C22H27N3O3/c1-14(2)9-10-24-16(4)11-18(17(24)5)20(26)13-28-22(27)19-12-25-15(3)7-6-8-21(25)23-19/h6-8,11-12,14H,9-10,13H2,1-5H3.